The first-order valence-electron chi connectivity index (χ1n) is 12.9. The fourth-order valence-corrected chi connectivity index (χ4v) is 4.84. The third kappa shape index (κ3) is 5.48. The number of amides is 2. The van der Waals surface area contributed by atoms with Crippen molar-refractivity contribution in [3.05, 3.63) is 40.7 Å². The van der Waals surface area contributed by atoms with Gasteiger partial charge in [0.15, 0.2) is 6.29 Å². The molecule has 3 aliphatic rings. The monoisotopic (exact) mass is 520 g/mol. The van der Waals surface area contributed by atoms with Crippen molar-refractivity contribution >= 4 is 24.0 Å². The minimum Gasteiger partial charge on any atom is -0.489 e. The summed E-state index contributed by atoms with van der Waals surface area (Å²) in [6.07, 6.45) is 5.47. The number of fused-ring (bicyclic) bond motifs is 1. The van der Waals surface area contributed by atoms with Crippen LogP contribution in [0.4, 0.5) is 16.4 Å². The lowest BCUT2D eigenvalue weighted by Gasteiger charge is -2.34. The van der Waals surface area contributed by atoms with E-state index in [1.165, 1.54) is 11.1 Å². The maximum atomic E-state index is 13.3. The average molecular weight is 521 g/mol. The third-order valence-electron chi connectivity index (χ3n) is 7.46. The number of nitrogens with zero attached hydrogens (tertiary/aromatic N) is 5. The molecular formula is C27H32N6O5. The second kappa shape index (κ2) is 11.0. The summed E-state index contributed by atoms with van der Waals surface area (Å²) in [6.45, 7) is 5.60. The number of ether oxygens (including phenoxy) is 3. The van der Waals surface area contributed by atoms with Crippen LogP contribution in [0.3, 0.4) is 0 Å². The van der Waals surface area contributed by atoms with Gasteiger partial charge in [-0.1, -0.05) is 0 Å². The van der Waals surface area contributed by atoms with Gasteiger partial charge in [0.25, 0.3) is 0 Å². The number of nitrogens with one attached hydrogen (secondary N) is 1. The molecule has 1 saturated heterocycles. The predicted molar refractivity (Wildman–Crippen MR) is 138 cm³/mol. The van der Waals surface area contributed by atoms with E-state index in [9.17, 15) is 14.9 Å². The first-order valence-corrected chi connectivity index (χ1v) is 12.9. The Morgan fingerprint density at radius 1 is 1.37 bits per heavy atom. The molecule has 200 valence electrons. The van der Waals surface area contributed by atoms with Crippen LogP contribution in [0.2, 0.25) is 0 Å². The van der Waals surface area contributed by atoms with Crippen molar-refractivity contribution in [2.45, 2.75) is 50.8 Å². The van der Waals surface area contributed by atoms with Crippen molar-refractivity contribution < 1.29 is 23.8 Å². The van der Waals surface area contributed by atoms with Gasteiger partial charge in [-0.25, -0.2) is 14.8 Å². The van der Waals surface area contributed by atoms with Crippen LogP contribution in [0, 0.1) is 11.3 Å². The maximum Gasteiger partial charge on any atom is 0.328 e. The standard InChI is InChI=1S/C27H32N6O5/c1-18-16-37-9-8-32(18)14-20-10-19-4-3-7-33(25(19)30-22(20)15-34)26(35)31-24-11-23(21(12-28)13-29-24)38-17-27(36-2)5-6-27/h10-11,13,15,18H,3-9,14,16-17H2,1-2H3,(H,29,31,35). The Kier molecular flexibility index (Phi) is 7.56. The fourth-order valence-electron chi connectivity index (χ4n) is 4.84. The van der Waals surface area contributed by atoms with E-state index in [-0.39, 0.29) is 23.0 Å². The lowest BCUT2D eigenvalue weighted by molar-refractivity contribution is -0.00448. The van der Waals surface area contributed by atoms with Gasteiger partial charge < -0.3 is 14.2 Å². The van der Waals surface area contributed by atoms with Gasteiger partial charge in [0.1, 0.15) is 46.9 Å². The quantitative estimate of drug-likeness (QED) is 0.522. The van der Waals surface area contributed by atoms with Crippen LogP contribution in [0.1, 0.15) is 53.4 Å². The molecule has 2 aromatic rings. The molecule has 1 saturated carbocycles. The van der Waals surface area contributed by atoms with Crippen LogP contribution in [0.5, 0.6) is 5.75 Å². The Morgan fingerprint density at radius 2 is 2.21 bits per heavy atom. The smallest absolute Gasteiger partial charge is 0.328 e. The Bertz CT molecular complexity index is 1260. The van der Waals surface area contributed by atoms with Gasteiger partial charge in [-0.3, -0.25) is 19.9 Å². The maximum absolute atomic E-state index is 13.3. The number of urea groups is 1. The van der Waals surface area contributed by atoms with E-state index in [4.69, 9.17) is 14.2 Å². The molecule has 0 bridgehead atoms. The zero-order valence-electron chi connectivity index (χ0n) is 21.7. The van der Waals surface area contributed by atoms with Crippen LogP contribution in [-0.2, 0) is 22.4 Å². The van der Waals surface area contributed by atoms with E-state index in [1.54, 1.807) is 13.2 Å². The summed E-state index contributed by atoms with van der Waals surface area (Å²) in [7, 11) is 1.65. The van der Waals surface area contributed by atoms with Crippen molar-refractivity contribution in [3.63, 3.8) is 0 Å². The third-order valence-corrected chi connectivity index (χ3v) is 7.46. The van der Waals surface area contributed by atoms with Crippen molar-refractivity contribution in [1.29, 1.82) is 5.26 Å². The molecule has 1 atom stereocenters. The number of hydrogen-bond donors (Lipinski definition) is 1. The highest BCUT2D eigenvalue weighted by Crippen LogP contribution is 2.39. The number of carbonyl (C=O) groups is 2. The topological polar surface area (TPSA) is 130 Å². The Hall–Kier alpha value is -3.59. The highest BCUT2D eigenvalue weighted by atomic mass is 16.5. The van der Waals surface area contributed by atoms with Gasteiger partial charge in [-0.05, 0) is 49.8 Å². The second-order valence-corrected chi connectivity index (χ2v) is 10.1. The summed E-state index contributed by atoms with van der Waals surface area (Å²) < 4.78 is 16.9. The Balaban J connectivity index is 1.33. The van der Waals surface area contributed by atoms with Crippen LogP contribution in [0.25, 0.3) is 0 Å². The normalized spacial score (nSPS) is 20.2. The van der Waals surface area contributed by atoms with E-state index < -0.39 is 6.03 Å². The molecule has 11 heteroatoms. The number of morpholine rings is 1. The van der Waals surface area contributed by atoms with Gasteiger partial charge in [0.2, 0.25) is 0 Å². The van der Waals surface area contributed by atoms with E-state index in [2.05, 4.69) is 33.2 Å². The molecule has 2 amide bonds. The fraction of sp³-hybridized carbons (Fsp3) is 0.519. The zero-order chi connectivity index (χ0) is 26.7. The van der Waals surface area contributed by atoms with Gasteiger partial charge in [-0.15, -0.1) is 0 Å². The summed E-state index contributed by atoms with van der Waals surface area (Å²) >= 11 is 0. The molecule has 1 N–H and O–H groups in total. The molecule has 2 aliphatic heterocycles. The lowest BCUT2D eigenvalue weighted by Crippen LogP contribution is -2.43. The van der Waals surface area contributed by atoms with E-state index >= 15 is 0 Å². The van der Waals surface area contributed by atoms with Crippen molar-refractivity contribution in [2.75, 3.05) is 50.2 Å². The average Bonchev–Trinajstić information content (AvgIpc) is 3.73. The molecule has 4 heterocycles. The Labute approximate surface area is 221 Å². The summed E-state index contributed by atoms with van der Waals surface area (Å²) in [4.78, 5) is 37.9. The Morgan fingerprint density at radius 3 is 2.92 bits per heavy atom. The summed E-state index contributed by atoms with van der Waals surface area (Å²) in [5.41, 5.74) is 2.09. The molecular weight excluding hydrogens is 488 g/mol. The number of aromatic nitrogens is 2. The molecule has 0 radical (unpaired) electrons. The number of aldehydes is 1. The first-order chi connectivity index (χ1) is 18.4. The number of nitriles is 1. The molecule has 0 spiro atoms. The summed E-state index contributed by atoms with van der Waals surface area (Å²) in [5.74, 6) is 1.07. The molecule has 11 nitrogen and oxygen atoms in total. The summed E-state index contributed by atoms with van der Waals surface area (Å²) in [5, 5.41) is 12.3. The highest BCUT2D eigenvalue weighted by molar-refractivity contribution is 6.01. The predicted octanol–water partition coefficient (Wildman–Crippen LogP) is 2.92. The molecule has 1 unspecified atom stereocenters. The van der Waals surface area contributed by atoms with E-state index in [0.29, 0.717) is 50.2 Å². The second-order valence-electron chi connectivity index (χ2n) is 10.1. The van der Waals surface area contributed by atoms with Gasteiger partial charge >= 0.3 is 6.03 Å². The zero-order valence-corrected chi connectivity index (χ0v) is 21.7. The number of hydrogen-bond acceptors (Lipinski definition) is 9. The van der Waals surface area contributed by atoms with Crippen molar-refractivity contribution in [1.82, 2.24) is 14.9 Å². The van der Waals surface area contributed by atoms with Crippen LogP contribution in [0.15, 0.2) is 18.3 Å². The molecule has 0 aromatic carbocycles. The number of methoxy groups -OCH3 is 1. The van der Waals surface area contributed by atoms with Gasteiger partial charge in [0, 0.05) is 38.9 Å². The minimum atomic E-state index is -0.413. The lowest BCUT2D eigenvalue weighted by atomic mass is 10.0. The minimum absolute atomic E-state index is 0.250. The molecule has 1 aliphatic carbocycles. The van der Waals surface area contributed by atoms with Crippen LogP contribution < -0.4 is 15.0 Å². The molecule has 2 fully saturated rings. The SMILES string of the molecule is COC1(COc2cc(NC(=O)N3CCCc4cc(CN5CCOCC5C)c(C=O)nc43)ncc2C#N)CC1. The largest absolute Gasteiger partial charge is 0.489 e. The summed E-state index contributed by atoms with van der Waals surface area (Å²) in [6, 6.07) is 5.46. The van der Waals surface area contributed by atoms with Gasteiger partial charge in [-0.2, -0.15) is 5.26 Å². The van der Waals surface area contributed by atoms with Crippen LogP contribution in [-0.4, -0.2) is 78.8 Å². The molecule has 5 rings (SSSR count). The number of aryl methyl sites for hydroxylation is 1. The highest BCUT2D eigenvalue weighted by Gasteiger charge is 2.44. The molecule has 2 aromatic heterocycles. The number of carbonyl (C=O) groups excluding carboxylic acids is 2. The number of rotatable bonds is 8. The molecule has 38 heavy (non-hydrogen) atoms. The first kappa shape index (κ1) is 26.0. The van der Waals surface area contributed by atoms with Crippen molar-refractivity contribution in [3.8, 4) is 11.8 Å². The number of pyridine rings is 2. The van der Waals surface area contributed by atoms with E-state index in [0.717, 1.165) is 49.6 Å². The van der Waals surface area contributed by atoms with Crippen molar-refractivity contribution in [2.24, 2.45) is 0 Å². The number of anilines is 2. The van der Waals surface area contributed by atoms with E-state index in [1.807, 2.05) is 6.07 Å². The van der Waals surface area contributed by atoms with Crippen LogP contribution >= 0.6 is 0 Å². The van der Waals surface area contributed by atoms with Gasteiger partial charge in [0.05, 0.1) is 19.4 Å².